The van der Waals surface area contributed by atoms with Crippen molar-refractivity contribution in [1.29, 1.82) is 0 Å². The van der Waals surface area contributed by atoms with Gasteiger partial charge >= 0.3 is 0 Å². The molecule has 1 aromatic heterocycles. The second kappa shape index (κ2) is 9.51. The topological polar surface area (TPSA) is 44.3 Å². The smallest absolute Gasteiger partial charge is 0.0918 e. The minimum absolute atomic E-state index is 0. The van der Waals surface area contributed by atoms with Crippen LogP contribution in [-0.2, 0) is 13.0 Å². The predicted octanol–water partition coefficient (Wildman–Crippen LogP) is 3.75. The van der Waals surface area contributed by atoms with Gasteiger partial charge in [-0.15, -0.1) is 0 Å². The molecule has 0 unspecified atom stereocenters. The molecule has 0 amide bonds. The molecule has 2 aromatic rings. The first-order valence-corrected chi connectivity index (χ1v) is 10.1. The molecule has 1 aromatic carbocycles. The van der Waals surface area contributed by atoms with Crippen molar-refractivity contribution in [2.75, 3.05) is 33.2 Å². The lowest BCUT2D eigenvalue weighted by molar-refractivity contribution is 0.187. The minimum atomic E-state index is 0. The van der Waals surface area contributed by atoms with Gasteiger partial charge in [-0.1, -0.05) is 31.7 Å². The number of likely N-dealkylation sites (N-methyl/N-ethyl adjacent to an activating group) is 1. The van der Waals surface area contributed by atoms with Gasteiger partial charge in [-0.3, -0.25) is 9.97 Å². The second-order valence-electron chi connectivity index (χ2n) is 7.17. The number of aromatic nitrogens is 2. The zero-order chi connectivity index (χ0) is 19.9. The van der Waals surface area contributed by atoms with Gasteiger partial charge in [0.2, 0.25) is 0 Å². The predicted molar refractivity (Wildman–Crippen MR) is 119 cm³/mol. The molecule has 0 aliphatic carbocycles. The van der Waals surface area contributed by atoms with E-state index in [1.165, 1.54) is 16.8 Å². The number of hydrogen-bond donors (Lipinski definition) is 1. The lowest BCUT2D eigenvalue weighted by Crippen LogP contribution is -2.44. The number of nitrogens with zero attached hydrogens (tertiary/aromatic N) is 4. The molecule has 1 aliphatic rings. The largest absolute Gasteiger partial charge is 0.380 e. The van der Waals surface area contributed by atoms with Crippen LogP contribution in [0.2, 0.25) is 0 Å². The first-order valence-electron chi connectivity index (χ1n) is 10.1. The van der Waals surface area contributed by atoms with E-state index in [-0.39, 0.29) is 1.43 Å². The molecule has 5 nitrogen and oxygen atoms in total. The molecule has 2 heterocycles. The Morgan fingerprint density at radius 1 is 1.21 bits per heavy atom. The lowest BCUT2D eigenvalue weighted by atomic mass is 10.1. The molecule has 3 rings (SSSR count). The van der Waals surface area contributed by atoms with Crippen LogP contribution in [0.3, 0.4) is 0 Å². The van der Waals surface area contributed by atoms with Crippen molar-refractivity contribution in [3.05, 3.63) is 71.9 Å². The van der Waals surface area contributed by atoms with E-state index in [0.29, 0.717) is 0 Å². The van der Waals surface area contributed by atoms with Gasteiger partial charge in [0.1, 0.15) is 0 Å². The lowest BCUT2D eigenvalue weighted by Gasteiger charge is -2.36. The summed E-state index contributed by atoms with van der Waals surface area (Å²) in [4.78, 5) is 13.8. The third-order valence-corrected chi connectivity index (χ3v) is 5.26. The molecule has 28 heavy (non-hydrogen) atoms. The van der Waals surface area contributed by atoms with Crippen LogP contribution in [0.4, 0.5) is 0 Å². The molecule has 1 N–H and O–H groups in total. The molecular weight excluding hydrogens is 346 g/mol. The highest BCUT2D eigenvalue weighted by Crippen LogP contribution is 2.20. The summed E-state index contributed by atoms with van der Waals surface area (Å²) >= 11 is 0. The standard InChI is InChI=1S/C23H31N5.H2/c1-5-8-22(28-13-11-27(4)12-14-28)20(7-3)26-17-18-15-19(6-2)23-21(16-18)24-9-10-25-23;/h5,7-10,15-16,26H,1,6,11-14,17H2,2-4H3;1H/b20-7+,22-8+;. The molecule has 0 atom stereocenters. The number of nitrogens with one attached hydrogen (secondary N) is 1. The summed E-state index contributed by atoms with van der Waals surface area (Å²) in [6.45, 7) is 13.1. The fraction of sp³-hybridized carbons (Fsp3) is 0.391. The van der Waals surface area contributed by atoms with Crippen LogP contribution in [0.1, 0.15) is 26.4 Å². The highest BCUT2D eigenvalue weighted by molar-refractivity contribution is 5.78. The number of allylic oxidation sites excluding steroid dienone is 3. The molecule has 0 saturated carbocycles. The Hall–Kier alpha value is -2.66. The van der Waals surface area contributed by atoms with Crippen molar-refractivity contribution in [3.8, 4) is 0 Å². The van der Waals surface area contributed by atoms with Gasteiger partial charge in [-0.05, 0) is 43.7 Å². The first kappa shape index (κ1) is 20.1. The Morgan fingerprint density at radius 3 is 2.64 bits per heavy atom. The average molecular weight is 380 g/mol. The van der Waals surface area contributed by atoms with Gasteiger partial charge in [-0.25, -0.2) is 0 Å². The summed E-state index contributed by atoms with van der Waals surface area (Å²) in [5, 5.41) is 3.64. The molecule has 1 aliphatic heterocycles. The van der Waals surface area contributed by atoms with Crippen LogP contribution >= 0.6 is 0 Å². The molecule has 1 saturated heterocycles. The van der Waals surface area contributed by atoms with Crippen molar-refractivity contribution in [2.45, 2.75) is 26.8 Å². The fourth-order valence-electron chi connectivity index (χ4n) is 3.65. The zero-order valence-corrected chi connectivity index (χ0v) is 17.3. The van der Waals surface area contributed by atoms with Crippen LogP contribution in [0, 0.1) is 0 Å². The van der Waals surface area contributed by atoms with E-state index in [0.717, 1.165) is 55.9 Å². The van der Waals surface area contributed by atoms with E-state index in [2.05, 4.69) is 76.8 Å². The summed E-state index contributed by atoms with van der Waals surface area (Å²) in [6, 6.07) is 4.37. The van der Waals surface area contributed by atoms with Crippen LogP contribution < -0.4 is 5.32 Å². The van der Waals surface area contributed by atoms with E-state index in [1.807, 2.05) is 6.08 Å². The van der Waals surface area contributed by atoms with Gasteiger partial charge in [0.15, 0.2) is 0 Å². The van der Waals surface area contributed by atoms with Crippen LogP contribution in [0.5, 0.6) is 0 Å². The maximum absolute atomic E-state index is 4.50. The summed E-state index contributed by atoms with van der Waals surface area (Å²) in [7, 11) is 2.18. The van der Waals surface area contributed by atoms with Crippen LogP contribution in [0.15, 0.2) is 60.7 Å². The van der Waals surface area contributed by atoms with Crippen molar-refractivity contribution >= 4 is 11.0 Å². The van der Waals surface area contributed by atoms with E-state index in [1.54, 1.807) is 12.4 Å². The summed E-state index contributed by atoms with van der Waals surface area (Å²) in [6.07, 6.45) is 10.6. The average Bonchev–Trinajstić information content (AvgIpc) is 2.73. The van der Waals surface area contributed by atoms with Gasteiger partial charge in [-0.2, -0.15) is 0 Å². The molecule has 5 heteroatoms. The first-order chi connectivity index (χ1) is 13.7. The van der Waals surface area contributed by atoms with Crippen molar-refractivity contribution in [2.24, 2.45) is 0 Å². The van der Waals surface area contributed by atoms with E-state index >= 15 is 0 Å². The zero-order valence-electron chi connectivity index (χ0n) is 17.3. The Balaban J connectivity index is 0.00000300. The van der Waals surface area contributed by atoms with Gasteiger partial charge in [0.05, 0.1) is 22.4 Å². The monoisotopic (exact) mass is 379 g/mol. The third kappa shape index (κ3) is 4.60. The van der Waals surface area contributed by atoms with Crippen LogP contribution in [-0.4, -0.2) is 53.0 Å². The quantitative estimate of drug-likeness (QED) is 0.742. The highest BCUT2D eigenvalue weighted by atomic mass is 15.3. The Labute approximate surface area is 170 Å². The van der Waals surface area contributed by atoms with Crippen molar-refractivity contribution < 1.29 is 1.43 Å². The summed E-state index contributed by atoms with van der Waals surface area (Å²) < 4.78 is 0. The second-order valence-corrected chi connectivity index (χ2v) is 7.17. The molecule has 0 bridgehead atoms. The molecule has 150 valence electrons. The van der Waals surface area contributed by atoms with Crippen molar-refractivity contribution in [1.82, 2.24) is 25.1 Å². The SMILES string of the molecule is C=C/C=C(\C(=C/C)NCc1cc(CC)c2nccnc2c1)N1CCN(C)CC1.[HH]. The Kier molecular flexibility index (Phi) is 6.82. The van der Waals surface area contributed by atoms with Crippen LogP contribution in [0.25, 0.3) is 11.0 Å². The molecule has 0 spiro atoms. The molecule has 0 radical (unpaired) electrons. The van der Waals surface area contributed by atoms with Gasteiger partial charge < -0.3 is 15.1 Å². The minimum Gasteiger partial charge on any atom is -0.380 e. The number of hydrogen-bond acceptors (Lipinski definition) is 5. The maximum Gasteiger partial charge on any atom is 0.0918 e. The summed E-state index contributed by atoms with van der Waals surface area (Å²) in [5.74, 6) is 0. The summed E-state index contributed by atoms with van der Waals surface area (Å²) in [5.41, 5.74) is 6.78. The Bertz CT molecular complexity index is 882. The van der Waals surface area contributed by atoms with Gasteiger partial charge in [0, 0.05) is 46.5 Å². The van der Waals surface area contributed by atoms with E-state index in [4.69, 9.17) is 0 Å². The highest BCUT2D eigenvalue weighted by Gasteiger charge is 2.18. The number of benzene rings is 1. The maximum atomic E-state index is 4.50. The van der Waals surface area contributed by atoms with Crippen molar-refractivity contribution in [3.63, 3.8) is 0 Å². The number of fused-ring (bicyclic) bond motifs is 1. The molecular formula is C23H33N5. The number of aryl methyl sites for hydroxylation is 1. The molecule has 1 fully saturated rings. The van der Waals surface area contributed by atoms with Gasteiger partial charge in [0.25, 0.3) is 0 Å². The number of piperazine rings is 1. The van der Waals surface area contributed by atoms with E-state index < -0.39 is 0 Å². The fourth-order valence-corrected chi connectivity index (χ4v) is 3.65. The third-order valence-electron chi connectivity index (χ3n) is 5.26. The van der Waals surface area contributed by atoms with E-state index in [9.17, 15) is 0 Å². The number of rotatable bonds is 7. The normalized spacial score (nSPS) is 16.5. The Morgan fingerprint density at radius 2 is 1.96 bits per heavy atom.